The Morgan fingerprint density at radius 1 is 1.53 bits per heavy atom. The van der Waals surface area contributed by atoms with E-state index < -0.39 is 10.0 Å². The minimum absolute atomic E-state index is 0.103. The number of anilines is 1. The van der Waals surface area contributed by atoms with Gasteiger partial charge in [-0.15, -0.1) is 16.4 Å². The Kier molecular flexibility index (Phi) is 3.69. The predicted molar refractivity (Wildman–Crippen MR) is 71.6 cm³/mol. The molecule has 0 atom stereocenters. The van der Waals surface area contributed by atoms with Gasteiger partial charge in [-0.1, -0.05) is 5.21 Å². The first-order valence-corrected chi connectivity index (χ1v) is 8.01. The van der Waals surface area contributed by atoms with E-state index >= 15 is 0 Å². The van der Waals surface area contributed by atoms with Gasteiger partial charge in [0.05, 0.1) is 0 Å². The van der Waals surface area contributed by atoms with Crippen LogP contribution in [-0.2, 0) is 17.1 Å². The number of sulfonamides is 1. The molecule has 2 rings (SSSR count). The molecule has 19 heavy (non-hydrogen) atoms. The van der Waals surface area contributed by atoms with Crippen LogP contribution in [0.5, 0.6) is 0 Å². The Hall–Kier alpha value is -1.33. The van der Waals surface area contributed by atoms with Gasteiger partial charge in [-0.2, -0.15) is 8.42 Å². The van der Waals surface area contributed by atoms with E-state index in [9.17, 15) is 13.2 Å². The molecule has 0 aliphatic heterocycles. The van der Waals surface area contributed by atoms with E-state index in [1.54, 1.807) is 0 Å². The lowest BCUT2D eigenvalue weighted by atomic mass is 10.4. The number of nitrogens with zero attached hydrogens (tertiary/aromatic N) is 4. The number of hydrogen-bond acceptors (Lipinski definition) is 7. The third-order valence-corrected chi connectivity index (χ3v) is 5.19. The monoisotopic (exact) mass is 365 g/mol. The first kappa shape index (κ1) is 14.1. The summed E-state index contributed by atoms with van der Waals surface area (Å²) in [5.41, 5.74) is 0.213. The van der Waals surface area contributed by atoms with Crippen LogP contribution >= 0.6 is 27.3 Å². The highest BCUT2D eigenvalue weighted by molar-refractivity contribution is 9.10. The number of aryl methyl sites for hydroxylation is 1. The van der Waals surface area contributed by atoms with E-state index in [1.807, 2.05) is 0 Å². The molecule has 8 nitrogen and oxygen atoms in total. The SMILES string of the molecule is CC(=O)c1csc(NS(=O)(=O)c2c(Br)nnn2C)n1. The Labute approximate surface area is 121 Å². The topological polar surface area (TPSA) is 107 Å². The molecule has 1 N–H and O–H groups in total. The van der Waals surface area contributed by atoms with E-state index in [2.05, 4.69) is 35.9 Å². The van der Waals surface area contributed by atoms with Gasteiger partial charge in [0.2, 0.25) is 5.03 Å². The molecule has 0 aliphatic rings. The molecule has 11 heteroatoms. The van der Waals surface area contributed by atoms with Crippen molar-refractivity contribution in [2.24, 2.45) is 7.05 Å². The van der Waals surface area contributed by atoms with Crippen molar-refractivity contribution in [3.8, 4) is 0 Å². The number of nitrogens with one attached hydrogen (secondary N) is 1. The second-order valence-corrected chi connectivity index (χ2v) is 6.72. The lowest BCUT2D eigenvalue weighted by molar-refractivity contribution is 0.101. The molecule has 2 heterocycles. The van der Waals surface area contributed by atoms with Crippen LogP contribution in [0.2, 0.25) is 0 Å². The first-order valence-electron chi connectivity index (χ1n) is 4.85. The van der Waals surface area contributed by atoms with Gasteiger partial charge in [0.25, 0.3) is 10.0 Å². The van der Waals surface area contributed by atoms with Gasteiger partial charge in [-0.3, -0.25) is 9.52 Å². The van der Waals surface area contributed by atoms with Gasteiger partial charge in [0.1, 0.15) is 5.69 Å². The van der Waals surface area contributed by atoms with Crippen LogP contribution in [0.4, 0.5) is 5.13 Å². The molecule has 0 spiro atoms. The second-order valence-electron chi connectivity index (χ2n) is 3.51. The normalized spacial score (nSPS) is 11.5. The van der Waals surface area contributed by atoms with Crippen LogP contribution in [-0.4, -0.2) is 34.2 Å². The molecule has 0 unspecified atom stereocenters. The number of carbonyl (C=O) groups excluding carboxylic acids is 1. The quantitative estimate of drug-likeness (QED) is 0.811. The Balaban J connectivity index is 2.34. The molecule has 102 valence electrons. The van der Waals surface area contributed by atoms with Crippen molar-refractivity contribution in [2.75, 3.05) is 4.72 Å². The summed E-state index contributed by atoms with van der Waals surface area (Å²) in [6, 6.07) is 0. The number of aromatic nitrogens is 4. The van der Waals surface area contributed by atoms with Gasteiger partial charge >= 0.3 is 0 Å². The maximum atomic E-state index is 12.1. The molecular formula is C8H8BrN5O3S2. The van der Waals surface area contributed by atoms with Crippen LogP contribution in [0.3, 0.4) is 0 Å². The number of hydrogen-bond donors (Lipinski definition) is 1. The number of halogens is 1. The van der Waals surface area contributed by atoms with Crippen LogP contribution in [0.15, 0.2) is 15.0 Å². The Morgan fingerprint density at radius 3 is 2.68 bits per heavy atom. The molecular weight excluding hydrogens is 358 g/mol. The molecule has 0 fully saturated rings. The summed E-state index contributed by atoms with van der Waals surface area (Å²) in [7, 11) is -2.41. The number of rotatable bonds is 4. The number of carbonyl (C=O) groups is 1. The molecule has 0 saturated heterocycles. The van der Waals surface area contributed by atoms with Crippen molar-refractivity contribution >= 4 is 48.2 Å². The van der Waals surface area contributed by atoms with E-state index in [0.29, 0.717) is 0 Å². The van der Waals surface area contributed by atoms with E-state index in [4.69, 9.17) is 0 Å². The van der Waals surface area contributed by atoms with Crippen LogP contribution in [0, 0.1) is 0 Å². The van der Waals surface area contributed by atoms with Gasteiger partial charge in [-0.25, -0.2) is 9.67 Å². The van der Waals surface area contributed by atoms with Crippen LogP contribution < -0.4 is 4.72 Å². The molecule has 0 amide bonds. The lowest BCUT2D eigenvalue weighted by Gasteiger charge is -2.04. The smallest absolute Gasteiger partial charge is 0.283 e. The fourth-order valence-corrected chi connectivity index (χ4v) is 4.35. The van der Waals surface area contributed by atoms with Crippen molar-refractivity contribution in [1.82, 2.24) is 20.0 Å². The largest absolute Gasteiger partial charge is 0.293 e. The second kappa shape index (κ2) is 4.98. The molecule has 2 aromatic rings. The summed E-state index contributed by atoms with van der Waals surface area (Å²) in [6.07, 6.45) is 0. The highest BCUT2D eigenvalue weighted by atomic mass is 79.9. The molecule has 2 aromatic heterocycles. The predicted octanol–water partition coefficient (Wildman–Crippen LogP) is 1.04. The summed E-state index contributed by atoms with van der Waals surface area (Å²) < 4.78 is 27.7. The number of Topliss-reactive ketones (excluding diaryl/α,β-unsaturated/α-hetero) is 1. The summed E-state index contributed by atoms with van der Waals surface area (Å²) in [6.45, 7) is 1.36. The molecule has 0 aliphatic carbocycles. The molecule has 0 bridgehead atoms. The van der Waals surface area contributed by atoms with Crippen molar-refractivity contribution in [2.45, 2.75) is 11.9 Å². The zero-order chi connectivity index (χ0) is 14.2. The average molecular weight is 366 g/mol. The summed E-state index contributed by atoms with van der Waals surface area (Å²) in [5.74, 6) is -0.231. The Bertz CT molecular complexity index is 716. The molecule has 0 aromatic carbocycles. The zero-order valence-electron chi connectivity index (χ0n) is 9.79. The average Bonchev–Trinajstić information content (AvgIpc) is 2.85. The van der Waals surface area contributed by atoms with Gasteiger partial charge in [0, 0.05) is 19.4 Å². The van der Waals surface area contributed by atoms with Crippen molar-refractivity contribution in [3.63, 3.8) is 0 Å². The minimum Gasteiger partial charge on any atom is -0.293 e. The van der Waals surface area contributed by atoms with Crippen molar-refractivity contribution in [1.29, 1.82) is 0 Å². The van der Waals surface area contributed by atoms with Crippen LogP contribution in [0.25, 0.3) is 0 Å². The van der Waals surface area contributed by atoms with E-state index in [1.165, 1.54) is 19.4 Å². The third kappa shape index (κ3) is 2.82. The molecule has 0 radical (unpaired) electrons. The third-order valence-electron chi connectivity index (χ3n) is 2.08. The first-order chi connectivity index (χ1) is 8.81. The van der Waals surface area contributed by atoms with E-state index in [0.717, 1.165) is 16.0 Å². The highest BCUT2D eigenvalue weighted by Gasteiger charge is 2.25. The number of ketones is 1. The highest BCUT2D eigenvalue weighted by Crippen LogP contribution is 2.23. The standard InChI is InChI=1S/C8H8BrN5O3S2/c1-4(15)5-3-18-8(10-5)12-19(16,17)7-6(9)11-13-14(7)2/h3H,1-2H3,(H,10,12). The van der Waals surface area contributed by atoms with Crippen molar-refractivity contribution < 1.29 is 13.2 Å². The fraction of sp³-hybridized carbons (Fsp3) is 0.250. The summed E-state index contributed by atoms with van der Waals surface area (Å²) in [4.78, 5) is 15.0. The minimum atomic E-state index is -3.87. The number of thiazole rings is 1. The zero-order valence-corrected chi connectivity index (χ0v) is 13.0. The van der Waals surface area contributed by atoms with Gasteiger partial charge < -0.3 is 0 Å². The molecule has 0 saturated carbocycles. The van der Waals surface area contributed by atoms with Crippen LogP contribution in [0.1, 0.15) is 17.4 Å². The Morgan fingerprint density at radius 2 is 2.21 bits per heavy atom. The maximum Gasteiger partial charge on any atom is 0.283 e. The fourth-order valence-electron chi connectivity index (χ4n) is 1.25. The van der Waals surface area contributed by atoms with Crippen molar-refractivity contribution in [3.05, 3.63) is 15.7 Å². The summed E-state index contributed by atoms with van der Waals surface area (Å²) in [5, 5.41) is 8.66. The summed E-state index contributed by atoms with van der Waals surface area (Å²) >= 11 is 4.04. The lowest BCUT2D eigenvalue weighted by Crippen LogP contribution is -2.17. The van der Waals surface area contributed by atoms with Gasteiger partial charge in [0.15, 0.2) is 15.5 Å². The van der Waals surface area contributed by atoms with E-state index in [-0.39, 0.29) is 26.2 Å². The van der Waals surface area contributed by atoms with Gasteiger partial charge in [-0.05, 0) is 15.9 Å². The maximum absolute atomic E-state index is 12.1.